The maximum absolute atomic E-state index is 5.53. The van der Waals surface area contributed by atoms with Crippen LogP contribution in [-0.2, 0) is 6.42 Å². The van der Waals surface area contributed by atoms with E-state index in [9.17, 15) is 0 Å². The van der Waals surface area contributed by atoms with E-state index in [1.807, 2.05) is 18.2 Å². The first-order valence-electron chi connectivity index (χ1n) is 4.88. The Kier molecular flexibility index (Phi) is 3.71. The van der Waals surface area contributed by atoms with Crippen LogP contribution in [0.1, 0.15) is 17.3 Å². The van der Waals surface area contributed by atoms with E-state index in [2.05, 4.69) is 26.3 Å². The third-order valence-electron chi connectivity index (χ3n) is 2.33. The molecule has 0 saturated heterocycles. The fraction of sp³-hybridized carbons (Fsp3) is 0.182. The minimum absolute atomic E-state index is 0.00861. The maximum atomic E-state index is 5.53. The number of aromatic nitrogens is 1. The molecule has 0 aliphatic heterocycles. The summed E-state index contributed by atoms with van der Waals surface area (Å²) < 4.78 is 5.97. The smallest absolute Gasteiger partial charge is 0.0935 e. The molecule has 2 aromatic rings. The average molecular weight is 282 g/mol. The summed E-state index contributed by atoms with van der Waals surface area (Å²) in [5, 5.41) is 0. The minimum Gasteiger partial charge on any atom is -0.472 e. The van der Waals surface area contributed by atoms with Gasteiger partial charge in [-0.1, -0.05) is 0 Å². The molecule has 1 unspecified atom stereocenters. The summed E-state index contributed by atoms with van der Waals surface area (Å²) in [4.78, 5) is 4.31. The van der Waals surface area contributed by atoms with E-state index in [4.69, 9.17) is 10.3 Å². The predicted molar refractivity (Wildman–Crippen MR) is 64.4 cm³/mol. The fourth-order valence-corrected chi connectivity index (χ4v) is 1.72. The van der Waals surface area contributed by atoms with Gasteiger partial charge in [0.25, 0.3) is 0 Å². The summed E-state index contributed by atoms with van der Waals surface area (Å²) in [7, 11) is 0. The summed E-state index contributed by atoms with van der Waals surface area (Å²) in [6, 6.07) is 5.80. The fourth-order valence-electron chi connectivity index (χ4n) is 1.49. The molecule has 0 aliphatic carbocycles. The quantitative estimate of drug-likeness (QED) is 0.666. The van der Waals surface area contributed by atoms with Gasteiger partial charge in [0.2, 0.25) is 0 Å². The second-order valence-electron chi connectivity index (χ2n) is 3.46. The highest BCUT2D eigenvalue weighted by Crippen LogP contribution is 2.17. The van der Waals surface area contributed by atoms with Crippen molar-refractivity contribution in [3.05, 3.63) is 52.7 Å². The van der Waals surface area contributed by atoms with E-state index in [0.29, 0.717) is 0 Å². The molecule has 5 heteroatoms. The summed E-state index contributed by atoms with van der Waals surface area (Å²) in [6.45, 7) is 0. The SMILES string of the molecule is NNC(Cc1ccoc1)c1ccc(Br)cn1. The maximum Gasteiger partial charge on any atom is 0.0935 e. The molecule has 0 saturated carbocycles. The van der Waals surface area contributed by atoms with E-state index in [0.717, 1.165) is 22.2 Å². The number of nitrogens with zero attached hydrogens (tertiary/aromatic N) is 1. The van der Waals surface area contributed by atoms with Crippen molar-refractivity contribution in [1.29, 1.82) is 0 Å². The Morgan fingerprint density at radius 3 is 2.88 bits per heavy atom. The van der Waals surface area contributed by atoms with Crippen molar-refractivity contribution in [3.63, 3.8) is 0 Å². The molecule has 0 radical (unpaired) electrons. The molecule has 84 valence electrons. The first kappa shape index (κ1) is 11.3. The van der Waals surface area contributed by atoms with Crippen LogP contribution in [0.25, 0.3) is 0 Å². The molecule has 16 heavy (non-hydrogen) atoms. The Labute approximate surface area is 102 Å². The van der Waals surface area contributed by atoms with Gasteiger partial charge in [-0.3, -0.25) is 16.3 Å². The van der Waals surface area contributed by atoms with E-state index >= 15 is 0 Å². The summed E-state index contributed by atoms with van der Waals surface area (Å²) >= 11 is 3.35. The van der Waals surface area contributed by atoms with Crippen LogP contribution in [0.2, 0.25) is 0 Å². The lowest BCUT2D eigenvalue weighted by molar-refractivity contribution is 0.526. The van der Waals surface area contributed by atoms with Crippen molar-refractivity contribution in [3.8, 4) is 0 Å². The van der Waals surface area contributed by atoms with Gasteiger partial charge in [-0.15, -0.1) is 0 Å². The van der Waals surface area contributed by atoms with Gasteiger partial charge in [-0.2, -0.15) is 0 Å². The van der Waals surface area contributed by atoms with Crippen LogP contribution in [0, 0.1) is 0 Å². The van der Waals surface area contributed by atoms with Crippen molar-refractivity contribution in [2.75, 3.05) is 0 Å². The van der Waals surface area contributed by atoms with E-state index in [1.165, 1.54) is 0 Å². The number of nitrogens with one attached hydrogen (secondary N) is 1. The van der Waals surface area contributed by atoms with Crippen molar-refractivity contribution in [2.24, 2.45) is 5.84 Å². The Balaban J connectivity index is 2.13. The highest BCUT2D eigenvalue weighted by Gasteiger charge is 2.12. The zero-order valence-electron chi connectivity index (χ0n) is 8.56. The highest BCUT2D eigenvalue weighted by molar-refractivity contribution is 9.10. The first-order valence-corrected chi connectivity index (χ1v) is 5.67. The molecule has 0 aromatic carbocycles. The summed E-state index contributed by atoms with van der Waals surface area (Å²) in [5.41, 5.74) is 4.76. The molecule has 1 atom stereocenters. The number of furan rings is 1. The topological polar surface area (TPSA) is 64.1 Å². The lowest BCUT2D eigenvalue weighted by Crippen LogP contribution is -2.30. The molecular weight excluding hydrogens is 270 g/mol. The number of pyridine rings is 1. The van der Waals surface area contributed by atoms with E-state index in [-0.39, 0.29) is 6.04 Å². The second-order valence-corrected chi connectivity index (χ2v) is 4.37. The van der Waals surface area contributed by atoms with Crippen LogP contribution in [0.4, 0.5) is 0 Å². The molecular formula is C11H12BrN3O. The van der Waals surface area contributed by atoms with Gasteiger partial charge in [0.05, 0.1) is 24.3 Å². The first-order chi connectivity index (χ1) is 7.79. The second kappa shape index (κ2) is 5.25. The standard InChI is InChI=1S/C11H12BrN3O/c12-9-1-2-10(14-6-9)11(15-13)5-8-3-4-16-7-8/h1-4,6-7,11,15H,5,13H2. The van der Waals surface area contributed by atoms with Crippen LogP contribution in [0.3, 0.4) is 0 Å². The van der Waals surface area contributed by atoms with E-state index in [1.54, 1.807) is 18.7 Å². The van der Waals surface area contributed by atoms with Gasteiger partial charge >= 0.3 is 0 Å². The monoisotopic (exact) mass is 281 g/mol. The van der Waals surface area contributed by atoms with Gasteiger partial charge in [0.15, 0.2) is 0 Å². The third kappa shape index (κ3) is 2.69. The number of hydrogen-bond donors (Lipinski definition) is 2. The number of hydrazine groups is 1. The molecule has 0 amide bonds. The normalized spacial score (nSPS) is 12.6. The van der Waals surface area contributed by atoms with Gasteiger partial charge in [-0.25, -0.2) is 0 Å². The summed E-state index contributed by atoms with van der Waals surface area (Å²) in [6.07, 6.45) is 5.87. The molecule has 0 aliphatic rings. The Hall–Kier alpha value is -1.17. The van der Waals surface area contributed by atoms with Gasteiger partial charge < -0.3 is 4.42 Å². The lowest BCUT2D eigenvalue weighted by Gasteiger charge is -2.14. The van der Waals surface area contributed by atoms with Crippen LogP contribution in [0.5, 0.6) is 0 Å². The Morgan fingerprint density at radius 2 is 2.31 bits per heavy atom. The molecule has 2 aromatic heterocycles. The molecule has 0 bridgehead atoms. The largest absolute Gasteiger partial charge is 0.472 e. The number of nitrogens with two attached hydrogens (primary N) is 1. The third-order valence-corrected chi connectivity index (χ3v) is 2.80. The van der Waals surface area contributed by atoms with Crippen LogP contribution in [-0.4, -0.2) is 4.98 Å². The Morgan fingerprint density at radius 1 is 1.44 bits per heavy atom. The molecule has 0 spiro atoms. The predicted octanol–water partition coefficient (Wildman–Crippen LogP) is 2.18. The molecule has 2 rings (SSSR count). The van der Waals surface area contributed by atoms with Crippen molar-refractivity contribution >= 4 is 15.9 Å². The number of halogens is 1. The average Bonchev–Trinajstić information content (AvgIpc) is 2.80. The van der Waals surface area contributed by atoms with Gasteiger partial charge in [-0.05, 0) is 46.1 Å². The molecule has 4 nitrogen and oxygen atoms in total. The molecule has 0 fully saturated rings. The zero-order chi connectivity index (χ0) is 11.4. The molecule has 3 N–H and O–H groups in total. The van der Waals surface area contributed by atoms with Gasteiger partial charge in [0.1, 0.15) is 0 Å². The van der Waals surface area contributed by atoms with Crippen LogP contribution >= 0.6 is 15.9 Å². The highest BCUT2D eigenvalue weighted by atomic mass is 79.9. The minimum atomic E-state index is -0.00861. The summed E-state index contributed by atoms with van der Waals surface area (Å²) in [5.74, 6) is 5.53. The Bertz CT molecular complexity index is 427. The van der Waals surface area contributed by atoms with E-state index < -0.39 is 0 Å². The van der Waals surface area contributed by atoms with Crippen molar-refractivity contribution in [1.82, 2.24) is 10.4 Å². The van der Waals surface area contributed by atoms with Crippen LogP contribution in [0.15, 0.2) is 45.8 Å². The van der Waals surface area contributed by atoms with Crippen molar-refractivity contribution < 1.29 is 4.42 Å². The number of hydrogen-bond acceptors (Lipinski definition) is 4. The van der Waals surface area contributed by atoms with Gasteiger partial charge in [0, 0.05) is 10.7 Å². The van der Waals surface area contributed by atoms with Crippen LogP contribution < -0.4 is 11.3 Å². The lowest BCUT2D eigenvalue weighted by atomic mass is 10.1. The number of rotatable bonds is 4. The molecule has 2 heterocycles. The van der Waals surface area contributed by atoms with Crippen molar-refractivity contribution in [2.45, 2.75) is 12.5 Å². The zero-order valence-corrected chi connectivity index (χ0v) is 10.1.